The zero-order chi connectivity index (χ0) is 14.7. The van der Waals surface area contributed by atoms with E-state index < -0.39 is 11.6 Å². The predicted molar refractivity (Wildman–Crippen MR) is 73.9 cm³/mol. The Bertz CT molecular complexity index is 644. The van der Waals surface area contributed by atoms with Gasteiger partial charge in [0.25, 0.3) is 0 Å². The molecule has 0 fully saturated rings. The Balaban J connectivity index is 2.42. The van der Waals surface area contributed by atoms with Gasteiger partial charge in [-0.25, -0.2) is 0 Å². The van der Waals surface area contributed by atoms with Crippen molar-refractivity contribution in [2.24, 2.45) is 0 Å². The van der Waals surface area contributed by atoms with E-state index >= 15 is 0 Å². The number of alkyl halides is 3. The highest BCUT2D eigenvalue weighted by atomic mass is 19.4. The molecule has 104 valence electrons. The van der Waals surface area contributed by atoms with Crippen LogP contribution < -0.4 is 0 Å². The van der Waals surface area contributed by atoms with Crippen molar-refractivity contribution in [3.8, 4) is 11.1 Å². The maximum Gasteiger partial charge on any atom is 0.402 e. The van der Waals surface area contributed by atoms with Gasteiger partial charge in [0.2, 0.25) is 0 Å². The highest BCUT2D eigenvalue weighted by Crippen LogP contribution is 2.56. The van der Waals surface area contributed by atoms with Crippen LogP contribution in [0.25, 0.3) is 11.1 Å². The Morgan fingerprint density at radius 1 is 0.800 bits per heavy atom. The summed E-state index contributed by atoms with van der Waals surface area (Å²) in [6.07, 6.45) is -4.31. The number of benzene rings is 2. The maximum absolute atomic E-state index is 13.7. The minimum atomic E-state index is -4.31. The minimum Gasteiger partial charge on any atom is -0.170 e. The van der Waals surface area contributed by atoms with Gasteiger partial charge in [0.1, 0.15) is 5.41 Å². The Labute approximate surface area is 116 Å². The van der Waals surface area contributed by atoms with Crippen LogP contribution in [0, 0.1) is 13.8 Å². The topological polar surface area (TPSA) is 0 Å². The summed E-state index contributed by atoms with van der Waals surface area (Å²) in [4.78, 5) is 0. The SMILES string of the molecule is Cc1ccc2c(c1)-c1cc(C)ccc1C2(C)C(F)(F)F. The number of hydrogen-bond donors (Lipinski definition) is 0. The number of hydrogen-bond acceptors (Lipinski definition) is 0. The normalized spacial score (nSPS) is 15.9. The molecule has 0 saturated carbocycles. The lowest BCUT2D eigenvalue weighted by molar-refractivity contribution is -0.172. The lowest BCUT2D eigenvalue weighted by Crippen LogP contribution is -2.38. The molecule has 0 radical (unpaired) electrons. The van der Waals surface area contributed by atoms with Crippen molar-refractivity contribution in [1.82, 2.24) is 0 Å². The van der Waals surface area contributed by atoms with Crippen molar-refractivity contribution in [3.63, 3.8) is 0 Å². The molecule has 0 atom stereocenters. The molecule has 20 heavy (non-hydrogen) atoms. The van der Waals surface area contributed by atoms with E-state index in [1.807, 2.05) is 26.0 Å². The van der Waals surface area contributed by atoms with Gasteiger partial charge in [-0.1, -0.05) is 47.5 Å². The number of fused-ring (bicyclic) bond motifs is 3. The van der Waals surface area contributed by atoms with Crippen LogP contribution >= 0.6 is 0 Å². The quantitative estimate of drug-likeness (QED) is 0.624. The summed E-state index contributed by atoms with van der Waals surface area (Å²) in [5, 5.41) is 0. The average Bonchev–Trinajstić information content (AvgIpc) is 2.59. The molecule has 0 nitrogen and oxygen atoms in total. The fourth-order valence-electron chi connectivity index (χ4n) is 3.08. The highest BCUT2D eigenvalue weighted by molar-refractivity contribution is 5.82. The van der Waals surface area contributed by atoms with Crippen molar-refractivity contribution in [3.05, 3.63) is 58.7 Å². The molecular formula is C17H15F3. The molecule has 1 aliphatic rings. The molecule has 0 aliphatic heterocycles. The first-order valence-corrected chi connectivity index (χ1v) is 6.54. The van der Waals surface area contributed by atoms with Crippen molar-refractivity contribution in [1.29, 1.82) is 0 Å². The molecule has 0 unspecified atom stereocenters. The molecule has 0 heterocycles. The summed E-state index contributed by atoms with van der Waals surface area (Å²) in [5.74, 6) is 0. The van der Waals surface area contributed by atoms with E-state index in [4.69, 9.17) is 0 Å². The van der Waals surface area contributed by atoms with Gasteiger partial charge in [0, 0.05) is 0 Å². The molecule has 0 spiro atoms. The number of aryl methyl sites for hydroxylation is 2. The van der Waals surface area contributed by atoms with Crippen LogP contribution in [-0.4, -0.2) is 6.18 Å². The molecule has 1 aliphatic carbocycles. The first kappa shape index (κ1) is 13.2. The monoisotopic (exact) mass is 276 g/mol. The first-order valence-electron chi connectivity index (χ1n) is 6.54. The van der Waals surface area contributed by atoms with Gasteiger partial charge in [-0.05, 0) is 43.0 Å². The third kappa shape index (κ3) is 1.55. The van der Waals surface area contributed by atoms with E-state index in [1.54, 1.807) is 24.3 Å². The van der Waals surface area contributed by atoms with Crippen LogP contribution in [-0.2, 0) is 5.41 Å². The predicted octanol–water partition coefficient (Wildman–Crippen LogP) is 5.15. The Morgan fingerprint density at radius 2 is 1.20 bits per heavy atom. The second kappa shape index (κ2) is 3.87. The third-order valence-corrected chi connectivity index (χ3v) is 4.28. The van der Waals surface area contributed by atoms with Gasteiger partial charge in [-0.15, -0.1) is 0 Å². The van der Waals surface area contributed by atoms with Crippen LogP contribution in [0.5, 0.6) is 0 Å². The van der Waals surface area contributed by atoms with Gasteiger partial charge in [0.05, 0.1) is 0 Å². The second-order valence-corrected chi connectivity index (χ2v) is 5.72. The van der Waals surface area contributed by atoms with E-state index in [0.717, 1.165) is 11.1 Å². The molecule has 2 aromatic rings. The smallest absolute Gasteiger partial charge is 0.170 e. The number of halogens is 3. The van der Waals surface area contributed by atoms with Crippen LogP contribution in [0.1, 0.15) is 29.2 Å². The summed E-state index contributed by atoms with van der Waals surface area (Å²) in [7, 11) is 0. The largest absolute Gasteiger partial charge is 0.402 e. The van der Waals surface area contributed by atoms with Gasteiger partial charge in [-0.2, -0.15) is 13.2 Å². The summed E-state index contributed by atoms with van der Waals surface area (Å²) in [5.41, 5.74) is 2.17. The van der Waals surface area contributed by atoms with Crippen molar-refractivity contribution >= 4 is 0 Å². The maximum atomic E-state index is 13.7. The van der Waals surface area contributed by atoms with Crippen molar-refractivity contribution in [2.45, 2.75) is 32.4 Å². The van der Waals surface area contributed by atoms with E-state index in [9.17, 15) is 13.2 Å². The molecule has 3 heteroatoms. The number of rotatable bonds is 0. The van der Waals surface area contributed by atoms with E-state index in [1.165, 1.54) is 6.92 Å². The summed E-state index contributed by atoms with van der Waals surface area (Å²) >= 11 is 0. The second-order valence-electron chi connectivity index (χ2n) is 5.72. The lowest BCUT2D eigenvalue weighted by atomic mass is 9.79. The average molecular weight is 276 g/mol. The van der Waals surface area contributed by atoms with E-state index in [-0.39, 0.29) is 0 Å². The fourth-order valence-corrected chi connectivity index (χ4v) is 3.08. The minimum absolute atomic E-state index is 0.358. The molecule has 2 aromatic carbocycles. The summed E-state index contributed by atoms with van der Waals surface area (Å²) in [6.45, 7) is 5.08. The zero-order valence-corrected chi connectivity index (χ0v) is 11.6. The Kier molecular flexibility index (Phi) is 2.56. The summed E-state index contributed by atoms with van der Waals surface area (Å²) in [6, 6.07) is 10.4. The van der Waals surface area contributed by atoms with Crippen LogP contribution in [0.2, 0.25) is 0 Å². The zero-order valence-electron chi connectivity index (χ0n) is 11.6. The molecular weight excluding hydrogens is 261 g/mol. The Hall–Kier alpha value is -1.77. The standard InChI is InChI=1S/C17H15F3/c1-10-4-6-14-12(8-10)13-9-11(2)5-7-15(13)16(14,3)17(18,19)20/h4-9H,1-3H3. The molecule has 0 saturated heterocycles. The van der Waals surface area contributed by atoms with Crippen LogP contribution in [0.15, 0.2) is 36.4 Å². The van der Waals surface area contributed by atoms with Gasteiger partial charge in [0.15, 0.2) is 0 Å². The van der Waals surface area contributed by atoms with Gasteiger partial charge in [-0.3, -0.25) is 0 Å². The van der Waals surface area contributed by atoms with E-state index in [0.29, 0.717) is 22.3 Å². The van der Waals surface area contributed by atoms with Crippen LogP contribution in [0.3, 0.4) is 0 Å². The van der Waals surface area contributed by atoms with Gasteiger partial charge >= 0.3 is 6.18 Å². The molecule has 3 rings (SSSR count). The molecule has 0 amide bonds. The molecule has 0 aromatic heterocycles. The Morgan fingerprint density at radius 3 is 1.55 bits per heavy atom. The lowest BCUT2D eigenvalue weighted by Gasteiger charge is -2.30. The highest BCUT2D eigenvalue weighted by Gasteiger charge is 2.57. The summed E-state index contributed by atoms with van der Waals surface area (Å²) < 4.78 is 41.1. The third-order valence-electron chi connectivity index (χ3n) is 4.28. The van der Waals surface area contributed by atoms with Crippen LogP contribution in [0.4, 0.5) is 13.2 Å². The van der Waals surface area contributed by atoms with Gasteiger partial charge < -0.3 is 0 Å². The van der Waals surface area contributed by atoms with Crippen molar-refractivity contribution in [2.75, 3.05) is 0 Å². The van der Waals surface area contributed by atoms with E-state index in [2.05, 4.69) is 0 Å². The van der Waals surface area contributed by atoms with Crippen molar-refractivity contribution < 1.29 is 13.2 Å². The molecule has 0 N–H and O–H groups in total. The fraction of sp³-hybridized carbons (Fsp3) is 0.294. The molecule has 0 bridgehead atoms. The first-order chi connectivity index (χ1) is 9.25.